The summed E-state index contributed by atoms with van der Waals surface area (Å²) in [4.78, 5) is 4.26. The number of aromatic nitrogens is 3. The predicted octanol–water partition coefficient (Wildman–Crippen LogP) is 1.91. The van der Waals surface area contributed by atoms with Crippen LogP contribution < -0.4 is 5.73 Å². The third-order valence-corrected chi connectivity index (χ3v) is 2.69. The number of rotatable bonds is 3. The van der Waals surface area contributed by atoms with Crippen LogP contribution in [0.3, 0.4) is 0 Å². The molecule has 1 aromatic carbocycles. The zero-order chi connectivity index (χ0) is 13.3. The average Bonchev–Trinajstić information content (AvgIpc) is 2.57. The molecule has 2 rings (SSSR count). The second-order valence-electron chi connectivity index (χ2n) is 4.57. The van der Waals surface area contributed by atoms with Crippen molar-refractivity contribution in [3.63, 3.8) is 0 Å². The molecule has 0 bridgehead atoms. The third kappa shape index (κ3) is 2.56. The normalized spacial score (nSPS) is 12.7. The number of aryl methyl sites for hydroxylation is 2. The quantitative estimate of drug-likeness (QED) is 0.902. The SMILES string of the molecule is Cc1nc(C)n(-c2ccc(F)cc2CC(C)N)n1. The molecule has 1 heterocycles. The van der Waals surface area contributed by atoms with Crippen LogP contribution in [0.25, 0.3) is 5.69 Å². The molecule has 96 valence electrons. The first kappa shape index (κ1) is 12.7. The summed E-state index contributed by atoms with van der Waals surface area (Å²) in [7, 11) is 0. The van der Waals surface area contributed by atoms with Crippen molar-refractivity contribution in [1.82, 2.24) is 14.8 Å². The molecule has 1 atom stereocenters. The maximum Gasteiger partial charge on any atom is 0.148 e. The van der Waals surface area contributed by atoms with Gasteiger partial charge >= 0.3 is 0 Å². The maximum atomic E-state index is 13.3. The van der Waals surface area contributed by atoms with Gasteiger partial charge < -0.3 is 5.73 Å². The predicted molar refractivity (Wildman–Crippen MR) is 68.1 cm³/mol. The molecule has 5 heteroatoms. The van der Waals surface area contributed by atoms with Crippen molar-refractivity contribution < 1.29 is 4.39 Å². The Morgan fingerprint density at radius 2 is 2.11 bits per heavy atom. The minimum Gasteiger partial charge on any atom is -0.328 e. The lowest BCUT2D eigenvalue weighted by atomic mass is 10.1. The first-order valence-corrected chi connectivity index (χ1v) is 5.92. The van der Waals surface area contributed by atoms with Gasteiger partial charge in [0.15, 0.2) is 0 Å². The van der Waals surface area contributed by atoms with Crippen LogP contribution in [-0.4, -0.2) is 20.8 Å². The van der Waals surface area contributed by atoms with Crippen molar-refractivity contribution >= 4 is 0 Å². The van der Waals surface area contributed by atoms with Crippen molar-refractivity contribution in [3.05, 3.63) is 41.2 Å². The molecule has 0 saturated carbocycles. The van der Waals surface area contributed by atoms with Gasteiger partial charge in [0, 0.05) is 6.04 Å². The van der Waals surface area contributed by atoms with E-state index in [-0.39, 0.29) is 11.9 Å². The van der Waals surface area contributed by atoms with Crippen LogP contribution in [0, 0.1) is 19.7 Å². The summed E-state index contributed by atoms with van der Waals surface area (Å²) < 4.78 is 15.1. The molecule has 0 fully saturated rings. The number of nitrogens with zero attached hydrogens (tertiary/aromatic N) is 3. The Morgan fingerprint density at radius 3 is 2.67 bits per heavy atom. The fourth-order valence-corrected chi connectivity index (χ4v) is 2.02. The molecular formula is C13H17FN4. The lowest BCUT2D eigenvalue weighted by Gasteiger charge is -2.12. The summed E-state index contributed by atoms with van der Waals surface area (Å²) in [6, 6.07) is 4.62. The fraction of sp³-hybridized carbons (Fsp3) is 0.385. The third-order valence-electron chi connectivity index (χ3n) is 2.69. The Balaban J connectivity index is 2.52. The van der Waals surface area contributed by atoms with Crippen LogP contribution in [0.5, 0.6) is 0 Å². The highest BCUT2D eigenvalue weighted by Gasteiger charge is 2.12. The molecule has 0 aliphatic carbocycles. The molecule has 0 saturated heterocycles. The van der Waals surface area contributed by atoms with E-state index in [1.165, 1.54) is 12.1 Å². The molecule has 18 heavy (non-hydrogen) atoms. The number of hydrogen-bond acceptors (Lipinski definition) is 3. The highest BCUT2D eigenvalue weighted by Crippen LogP contribution is 2.18. The zero-order valence-electron chi connectivity index (χ0n) is 10.8. The van der Waals surface area contributed by atoms with E-state index in [4.69, 9.17) is 5.73 Å². The summed E-state index contributed by atoms with van der Waals surface area (Å²) in [6.45, 7) is 5.60. The van der Waals surface area contributed by atoms with E-state index < -0.39 is 0 Å². The topological polar surface area (TPSA) is 56.7 Å². The molecule has 0 aliphatic heterocycles. The lowest BCUT2D eigenvalue weighted by molar-refractivity contribution is 0.620. The zero-order valence-corrected chi connectivity index (χ0v) is 10.8. The average molecular weight is 248 g/mol. The summed E-state index contributed by atoms with van der Waals surface area (Å²) >= 11 is 0. The van der Waals surface area contributed by atoms with Gasteiger partial charge in [0.05, 0.1) is 5.69 Å². The van der Waals surface area contributed by atoms with Gasteiger partial charge in [0.1, 0.15) is 17.5 Å². The molecule has 2 aromatic rings. The Hall–Kier alpha value is -1.75. The van der Waals surface area contributed by atoms with E-state index in [0.717, 1.165) is 17.1 Å². The molecule has 0 radical (unpaired) electrons. The number of nitrogens with two attached hydrogens (primary N) is 1. The van der Waals surface area contributed by atoms with Gasteiger partial charge in [-0.15, -0.1) is 0 Å². The second-order valence-corrected chi connectivity index (χ2v) is 4.57. The van der Waals surface area contributed by atoms with Crippen LogP contribution in [-0.2, 0) is 6.42 Å². The van der Waals surface area contributed by atoms with E-state index in [1.807, 2.05) is 20.8 Å². The van der Waals surface area contributed by atoms with Crippen molar-refractivity contribution in [2.24, 2.45) is 5.73 Å². The van der Waals surface area contributed by atoms with Crippen LogP contribution in [0.1, 0.15) is 24.1 Å². The Bertz CT molecular complexity index is 560. The number of halogens is 1. The first-order chi connectivity index (χ1) is 8.47. The minimum absolute atomic E-state index is 0.0320. The Labute approximate surface area is 106 Å². The van der Waals surface area contributed by atoms with Crippen LogP contribution in [0.15, 0.2) is 18.2 Å². The van der Waals surface area contributed by atoms with E-state index in [1.54, 1.807) is 10.7 Å². The first-order valence-electron chi connectivity index (χ1n) is 5.92. The van der Waals surface area contributed by atoms with Crippen molar-refractivity contribution in [2.45, 2.75) is 33.2 Å². The Kier molecular flexibility index (Phi) is 3.43. The van der Waals surface area contributed by atoms with Crippen molar-refractivity contribution in [1.29, 1.82) is 0 Å². The van der Waals surface area contributed by atoms with E-state index in [0.29, 0.717) is 12.2 Å². The van der Waals surface area contributed by atoms with Gasteiger partial charge in [-0.05, 0) is 51.0 Å². The summed E-state index contributed by atoms with van der Waals surface area (Å²) in [5.74, 6) is 1.22. The van der Waals surface area contributed by atoms with Crippen LogP contribution in [0.4, 0.5) is 4.39 Å². The second kappa shape index (κ2) is 4.86. The van der Waals surface area contributed by atoms with Crippen LogP contribution in [0.2, 0.25) is 0 Å². The lowest BCUT2D eigenvalue weighted by Crippen LogP contribution is -2.19. The van der Waals surface area contributed by atoms with E-state index >= 15 is 0 Å². The summed E-state index contributed by atoms with van der Waals surface area (Å²) in [5.41, 5.74) is 7.48. The molecule has 4 nitrogen and oxygen atoms in total. The molecule has 0 amide bonds. The molecular weight excluding hydrogens is 231 g/mol. The summed E-state index contributed by atoms with van der Waals surface area (Å²) in [6.07, 6.45) is 0.603. The standard InChI is InChI=1S/C13H17FN4/c1-8(15)6-11-7-12(14)4-5-13(11)18-10(3)16-9(2)17-18/h4-5,7-8H,6,15H2,1-3H3. The Morgan fingerprint density at radius 1 is 1.39 bits per heavy atom. The van der Waals surface area contributed by atoms with Gasteiger partial charge in [-0.25, -0.2) is 14.1 Å². The van der Waals surface area contributed by atoms with Crippen LogP contribution >= 0.6 is 0 Å². The smallest absolute Gasteiger partial charge is 0.148 e. The maximum absolute atomic E-state index is 13.3. The number of hydrogen-bond donors (Lipinski definition) is 1. The van der Waals surface area contributed by atoms with E-state index in [9.17, 15) is 4.39 Å². The highest BCUT2D eigenvalue weighted by molar-refractivity contribution is 5.41. The monoisotopic (exact) mass is 248 g/mol. The molecule has 2 N–H and O–H groups in total. The largest absolute Gasteiger partial charge is 0.328 e. The van der Waals surface area contributed by atoms with Gasteiger partial charge in [-0.2, -0.15) is 5.10 Å². The molecule has 1 aromatic heterocycles. The van der Waals surface area contributed by atoms with Gasteiger partial charge in [0.2, 0.25) is 0 Å². The van der Waals surface area contributed by atoms with Gasteiger partial charge in [0.25, 0.3) is 0 Å². The molecule has 1 unspecified atom stereocenters. The minimum atomic E-state index is -0.260. The number of benzene rings is 1. The highest BCUT2D eigenvalue weighted by atomic mass is 19.1. The molecule has 0 spiro atoms. The van der Waals surface area contributed by atoms with Crippen molar-refractivity contribution in [3.8, 4) is 5.69 Å². The van der Waals surface area contributed by atoms with Gasteiger partial charge in [-0.3, -0.25) is 0 Å². The van der Waals surface area contributed by atoms with Crippen molar-refractivity contribution in [2.75, 3.05) is 0 Å². The molecule has 0 aliphatic rings. The van der Waals surface area contributed by atoms with E-state index in [2.05, 4.69) is 10.1 Å². The van der Waals surface area contributed by atoms with Gasteiger partial charge in [-0.1, -0.05) is 0 Å². The fourth-order valence-electron chi connectivity index (χ4n) is 2.02. The summed E-state index contributed by atoms with van der Waals surface area (Å²) in [5, 5.41) is 4.32.